The second-order valence-corrected chi connectivity index (χ2v) is 5.24. The Kier molecular flexibility index (Phi) is 5.72. The Morgan fingerprint density at radius 3 is 2.77 bits per heavy atom. The first-order valence-electron chi connectivity index (χ1n) is 7.63. The van der Waals surface area contributed by atoms with E-state index in [1.54, 1.807) is 0 Å². The van der Waals surface area contributed by atoms with Crippen LogP contribution in [0.15, 0.2) is 34.8 Å². The molecule has 0 fully saturated rings. The number of hydrogen-bond acceptors (Lipinski definition) is 4. The van der Waals surface area contributed by atoms with Gasteiger partial charge in [-0.05, 0) is 18.1 Å². The highest BCUT2D eigenvalue weighted by Gasteiger charge is 2.15. The maximum atomic E-state index is 11.8. The number of rotatable bonds is 7. The zero-order valence-electron chi connectivity index (χ0n) is 13.0. The van der Waals surface area contributed by atoms with Crippen LogP contribution in [-0.2, 0) is 4.79 Å². The van der Waals surface area contributed by atoms with Crippen molar-refractivity contribution in [3.05, 3.63) is 36.2 Å². The Hall–Kier alpha value is -2.14. The van der Waals surface area contributed by atoms with E-state index in [1.807, 2.05) is 38.1 Å². The fourth-order valence-electron chi connectivity index (χ4n) is 2.37. The molecule has 1 aromatic heterocycles. The van der Waals surface area contributed by atoms with Gasteiger partial charge in [0.2, 0.25) is 11.8 Å². The van der Waals surface area contributed by atoms with Crippen LogP contribution in [0.2, 0.25) is 0 Å². The summed E-state index contributed by atoms with van der Waals surface area (Å²) in [6.07, 6.45) is 4.17. The number of aromatic nitrogens is 1. The van der Waals surface area contributed by atoms with Gasteiger partial charge in [0, 0.05) is 18.7 Å². The van der Waals surface area contributed by atoms with Crippen LogP contribution in [0.5, 0.6) is 0 Å². The number of oxazole rings is 1. The lowest BCUT2D eigenvalue weighted by atomic mass is 9.96. The van der Waals surface area contributed by atoms with Crippen molar-refractivity contribution in [2.75, 3.05) is 6.54 Å². The predicted octanol–water partition coefficient (Wildman–Crippen LogP) is 2.75. The lowest BCUT2D eigenvalue weighted by molar-refractivity contribution is -0.117. The summed E-state index contributed by atoms with van der Waals surface area (Å²) in [6, 6.07) is 7.42. The summed E-state index contributed by atoms with van der Waals surface area (Å²) in [7, 11) is 0. The molecule has 118 valence electrons. The molecule has 2 N–H and O–H groups in total. The quantitative estimate of drug-likeness (QED) is 0.771. The van der Waals surface area contributed by atoms with E-state index < -0.39 is 6.10 Å². The lowest BCUT2D eigenvalue weighted by Gasteiger charge is -2.19. The monoisotopic (exact) mass is 302 g/mol. The molecular weight excluding hydrogens is 280 g/mol. The van der Waals surface area contributed by atoms with Crippen LogP contribution in [0.3, 0.4) is 0 Å². The summed E-state index contributed by atoms with van der Waals surface area (Å²) in [5.74, 6) is 0.325. The highest BCUT2D eigenvalue weighted by atomic mass is 16.3. The van der Waals surface area contributed by atoms with Crippen LogP contribution in [0.25, 0.3) is 17.2 Å². The topological polar surface area (TPSA) is 75.4 Å². The molecule has 2 aromatic rings. The van der Waals surface area contributed by atoms with E-state index in [1.165, 1.54) is 12.2 Å². The normalized spacial score (nSPS) is 13.1. The Labute approximate surface area is 130 Å². The van der Waals surface area contributed by atoms with E-state index in [0.29, 0.717) is 11.5 Å². The number of carbonyl (C=O) groups is 1. The van der Waals surface area contributed by atoms with Gasteiger partial charge in [0.15, 0.2) is 5.58 Å². The van der Waals surface area contributed by atoms with E-state index in [0.717, 1.165) is 18.4 Å². The van der Waals surface area contributed by atoms with E-state index in [4.69, 9.17) is 4.42 Å². The van der Waals surface area contributed by atoms with Crippen molar-refractivity contribution in [2.45, 2.75) is 32.8 Å². The number of aliphatic hydroxyl groups excluding tert-OH is 1. The van der Waals surface area contributed by atoms with Gasteiger partial charge >= 0.3 is 0 Å². The largest absolute Gasteiger partial charge is 0.437 e. The number of para-hydroxylation sites is 2. The molecule has 0 aliphatic rings. The number of benzene rings is 1. The Bertz CT molecular complexity index is 611. The Morgan fingerprint density at radius 2 is 2.09 bits per heavy atom. The predicted molar refractivity (Wildman–Crippen MR) is 86.1 cm³/mol. The van der Waals surface area contributed by atoms with Gasteiger partial charge in [0.1, 0.15) is 5.52 Å². The summed E-state index contributed by atoms with van der Waals surface area (Å²) in [5, 5.41) is 12.7. The molecule has 0 bridgehead atoms. The van der Waals surface area contributed by atoms with Crippen LogP contribution >= 0.6 is 0 Å². The SMILES string of the molecule is CCC(CC)C(O)CNC(=O)/C=C/c1nc2ccccc2o1. The van der Waals surface area contributed by atoms with Gasteiger partial charge in [-0.1, -0.05) is 38.8 Å². The molecule has 0 saturated heterocycles. The lowest BCUT2D eigenvalue weighted by Crippen LogP contribution is -2.35. The molecule has 1 heterocycles. The molecule has 0 saturated carbocycles. The van der Waals surface area contributed by atoms with Crippen molar-refractivity contribution in [1.29, 1.82) is 0 Å². The maximum absolute atomic E-state index is 11.8. The molecule has 0 aliphatic heterocycles. The fourth-order valence-corrected chi connectivity index (χ4v) is 2.37. The minimum atomic E-state index is -0.517. The van der Waals surface area contributed by atoms with Gasteiger partial charge in [-0.2, -0.15) is 0 Å². The molecule has 22 heavy (non-hydrogen) atoms. The average molecular weight is 302 g/mol. The highest BCUT2D eigenvalue weighted by molar-refractivity contribution is 5.91. The van der Waals surface area contributed by atoms with Gasteiger partial charge in [-0.15, -0.1) is 0 Å². The summed E-state index contributed by atoms with van der Waals surface area (Å²) in [4.78, 5) is 16.0. The van der Waals surface area contributed by atoms with E-state index >= 15 is 0 Å². The number of fused-ring (bicyclic) bond motifs is 1. The highest BCUT2D eigenvalue weighted by Crippen LogP contribution is 2.15. The standard InChI is InChI=1S/C17H22N2O3/c1-3-12(4-2)14(20)11-18-16(21)9-10-17-19-13-7-5-6-8-15(13)22-17/h5-10,12,14,20H,3-4,11H2,1-2H3,(H,18,21)/b10-9+. The van der Waals surface area contributed by atoms with Crippen LogP contribution in [0.1, 0.15) is 32.6 Å². The van der Waals surface area contributed by atoms with E-state index in [2.05, 4.69) is 10.3 Å². The molecule has 5 heteroatoms. The fraction of sp³-hybridized carbons (Fsp3) is 0.412. The first kappa shape index (κ1) is 16.2. The number of nitrogens with zero attached hydrogens (tertiary/aromatic N) is 1. The molecule has 0 spiro atoms. The molecule has 2 rings (SSSR count). The molecule has 1 amide bonds. The van der Waals surface area contributed by atoms with E-state index in [-0.39, 0.29) is 18.4 Å². The van der Waals surface area contributed by atoms with Gasteiger partial charge in [-0.25, -0.2) is 4.98 Å². The molecular formula is C17H22N2O3. The van der Waals surface area contributed by atoms with Crippen molar-refractivity contribution in [3.8, 4) is 0 Å². The first-order chi connectivity index (χ1) is 10.6. The molecule has 0 radical (unpaired) electrons. The van der Waals surface area contributed by atoms with Crippen molar-refractivity contribution in [1.82, 2.24) is 10.3 Å². The molecule has 5 nitrogen and oxygen atoms in total. The first-order valence-corrected chi connectivity index (χ1v) is 7.63. The van der Waals surface area contributed by atoms with Gasteiger partial charge < -0.3 is 14.8 Å². The molecule has 1 unspecified atom stereocenters. The zero-order chi connectivity index (χ0) is 15.9. The molecule has 0 aliphatic carbocycles. The van der Waals surface area contributed by atoms with Gasteiger partial charge in [0.05, 0.1) is 6.10 Å². The van der Waals surface area contributed by atoms with Crippen molar-refractivity contribution >= 4 is 23.1 Å². The van der Waals surface area contributed by atoms with Gasteiger partial charge in [0.25, 0.3) is 0 Å². The van der Waals surface area contributed by atoms with E-state index in [9.17, 15) is 9.90 Å². The summed E-state index contributed by atoms with van der Waals surface area (Å²) >= 11 is 0. The number of hydrogen-bond donors (Lipinski definition) is 2. The molecule has 1 atom stereocenters. The molecule has 1 aromatic carbocycles. The Balaban J connectivity index is 1.88. The third kappa shape index (κ3) is 4.18. The summed E-state index contributed by atoms with van der Waals surface area (Å²) < 4.78 is 5.49. The van der Waals surface area contributed by atoms with Crippen molar-refractivity contribution in [3.63, 3.8) is 0 Å². The van der Waals surface area contributed by atoms with Crippen LogP contribution < -0.4 is 5.32 Å². The smallest absolute Gasteiger partial charge is 0.244 e. The number of carbonyl (C=O) groups excluding carboxylic acids is 1. The minimum Gasteiger partial charge on any atom is -0.437 e. The van der Waals surface area contributed by atoms with Crippen LogP contribution in [0.4, 0.5) is 0 Å². The second-order valence-electron chi connectivity index (χ2n) is 5.24. The van der Waals surface area contributed by atoms with Crippen LogP contribution in [-0.4, -0.2) is 28.6 Å². The number of amides is 1. The van der Waals surface area contributed by atoms with Gasteiger partial charge in [-0.3, -0.25) is 4.79 Å². The maximum Gasteiger partial charge on any atom is 0.244 e. The zero-order valence-corrected chi connectivity index (χ0v) is 13.0. The average Bonchev–Trinajstić information content (AvgIpc) is 2.95. The Morgan fingerprint density at radius 1 is 1.36 bits per heavy atom. The number of nitrogens with one attached hydrogen (secondary N) is 1. The summed E-state index contributed by atoms with van der Waals surface area (Å²) in [5.41, 5.74) is 1.44. The third-order valence-corrected chi connectivity index (χ3v) is 3.77. The minimum absolute atomic E-state index is 0.210. The third-order valence-electron chi connectivity index (χ3n) is 3.77. The van der Waals surface area contributed by atoms with Crippen molar-refractivity contribution < 1.29 is 14.3 Å². The summed E-state index contributed by atoms with van der Waals surface area (Å²) in [6.45, 7) is 4.32. The number of aliphatic hydroxyl groups is 1. The van der Waals surface area contributed by atoms with Crippen LogP contribution in [0, 0.1) is 5.92 Å². The van der Waals surface area contributed by atoms with Crippen molar-refractivity contribution in [2.24, 2.45) is 5.92 Å². The second kappa shape index (κ2) is 7.75.